The summed E-state index contributed by atoms with van der Waals surface area (Å²) in [6.07, 6.45) is 1.22. The summed E-state index contributed by atoms with van der Waals surface area (Å²) < 4.78 is 5.61. The van der Waals surface area contributed by atoms with Gasteiger partial charge in [-0.1, -0.05) is 0 Å². The normalized spacial score (nSPS) is 13.4. The van der Waals surface area contributed by atoms with Gasteiger partial charge in [-0.3, -0.25) is 0 Å². The second-order valence-corrected chi connectivity index (χ2v) is 6.36. The zero-order valence-corrected chi connectivity index (χ0v) is 11.4. The van der Waals surface area contributed by atoms with Crippen LogP contribution >= 0.6 is 0 Å². The number of hydrogen-bond acceptors (Lipinski definition) is 4. The summed E-state index contributed by atoms with van der Waals surface area (Å²) in [6, 6.07) is 1.25. The van der Waals surface area contributed by atoms with Crippen LogP contribution in [0, 0.1) is 0 Å². The number of nitrogens with two attached hydrogens (primary N) is 2. The van der Waals surface area contributed by atoms with Gasteiger partial charge in [0.2, 0.25) is 0 Å². The fourth-order valence-corrected chi connectivity index (χ4v) is 3.16. The first-order chi connectivity index (χ1) is 7.24. The van der Waals surface area contributed by atoms with Gasteiger partial charge in [0.25, 0.3) is 0 Å². The van der Waals surface area contributed by atoms with Gasteiger partial charge in [0, 0.05) is 32.8 Å². The van der Waals surface area contributed by atoms with Gasteiger partial charge < -0.3 is 20.8 Å². The van der Waals surface area contributed by atoms with Crippen LogP contribution < -0.4 is 11.5 Å². The van der Waals surface area contributed by atoms with Crippen molar-refractivity contribution < 1.29 is 4.43 Å². The Morgan fingerprint density at radius 2 is 1.73 bits per heavy atom. The highest BCUT2D eigenvalue weighted by Gasteiger charge is 2.06. The van der Waals surface area contributed by atoms with Gasteiger partial charge in [0.1, 0.15) is 0 Å². The molecule has 0 fully saturated rings. The Hall–Kier alpha value is 0.0569. The lowest BCUT2D eigenvalue weighted by Gasteiger charge is -2.21. The molecule has 4 N–H and O–H groups in total. The van der Waals surface area contributed by atoms with E-state index in [0.717, 1.165) is 39.3 Å². The van der Waals surface area contributed by atoms with Crippen LogP contribution in [0.1, 0.15) is 13.3 Å². The average molecular weight is 233 g/mol. The lowest BCUT2D eigenvalue weighted by atomic mass is 10.4. The summed E-state index contributed by atoms with van der Waals surface area (Å²) in [5.74, 6) is 0. The lowest BCUT2D eigenvalue weighted by Crippen LogP contribution is -2.35. The van der Waals surface area contributed by atoms with Crippen molar-refractivity contribution in [1.82, 2.24) is 4.90 Å². The van der Waals surface area contributed by atoms with Gasteiger partial charge >= 0.3 is 0 Å². The molecule has 0 amide bonds. The first-order valence-electron chi connectivity index (χ1n) is 5.98. The third-order valence-corrected chi connectivity index (χ3v) is 4.55. The molecular formula is C10H27N3OSi. The van der Waals surface area contributed by atoms with Gasteiger partial charge in [0.15, 0.2) is 9.04 Å². The maximum atomic E-state index is 5.61. The zero-order chi connectivity index (χ0) is 11.5. The van der Waals surface area contributed by atoms with E-state index in [1.165, 1.54) is 12.5 Å². The number of hydrogen-bond donors (Lipinski definition) is 2. The molecule has 4 nitrogen and oxygen atoms in total. The van der Waals surface area contributed by atoms with Gasteiger partial charge in [-0.25, -0.2) is 0 Å². The molecule has 92 valence electrons. The molecule has 0 aliphatic carbocycles. The Kier molecular flexibility index (Phi) is 10.6. The van der Waals surface area contributed by atoms with Crippen LogP contribution in [-0.2, 0) is 4.43 Å². The number of rotatable bonds is 10. The van der Waals surface area contributed by atoms with E-state index in [-0.39, 0.29) is 0 Å². The molecule has 0 saturated carbocycles. The predicted octanol–water partition coefficient (Wildman–Crippen LogP) is -0.0140. The van der Waals surface area contributed by atoms with Crippen LogP contribution in [0.25, 0.3) is 0 Å². The van der Waals surface area contributed by atoms with Crippen molar-refractivity contribution in [2.24, 2.45) is 11.5 Å². The van der Waals surface area contributed by atoms with Crippen LogP contribution in [0.2, 0.25) is 12.6 Å². The van der Waals surface area contributed by atoms with Crippen molar-refractivity contribution in [3.05, 3.63) is 0 Å². The third-order valence-electron chi connectivity index (χ3n) is 2.43. The minimum Gasteiger partial charge on any atom is -0.421 e. The van der Waals surface area contributed by atoms with Gasteiger partial charge in [0.05, 0.1) is 0 Å². The number of nitrogens with zero attached hydrogens (tertiary/aromatic N) is 1. The van der Waals surface area contributed by atoms with Crippen molar-refractivity contribution in [2.75, 3.05) is 39.3 Å². The molecule has 0 bridgehead atoms. The van der Waals surface area contributed by atoms with Crippen LogP contribution in [0.5, 0.6) is 0 Å². The van der Waals surface area contributed by atoms with E-state index in [4.69, 9.17) is 15.9 Å². The zero-order valence-electron chi connectivity index (χ0n) is 10.2. The van der Waals surface area contributed by atoms with E-state index in [1.54, 1.807) is 0 Å². The summed E-state index contributed by atoms with van der Waals surface area (Å²) in [5, 5.41) is 0. The van der Waals surface area contributed by atoms with Crippen molar-refractivity contribution in [3.63, 3.8) is 0 Å². The molecule has 0 aromatic rings. The Morgan fingerprint density at radius 3 is 2.20 bits per heavy atom. The molecule has 15 heavy (non-hydrogen) atoms. The Morgan fingerprint density at radius 1 is 1.13 bits per heavy atom. The molecule has 1 unspecified atom stereocenters. The molecule has 0 aliphatic rings. The molecule has 0 aliphatic heterocycles. The van der Waals surface area contributed by atoms with Gasteiger partial charge in [-0.2, -0.15) is 0 Å². The second-order valence-electron chi connectivity index (χ2n) is 3.83. The van der Waals surface area contributed by atoms with E-state index in [2.05, 4.69) is 18.4 Å². The maximum absolute atomic E-state index is 5.61. The fourth-order valence-electron chi connectivity index (χ4n) is 1.67. The Balaban J connectivity index is 3.51. The lowest BCUT2D eigenvalue weighted by molar-refractivity contribution is 0.285. The summed E-state index contributed by atoms with van der Waals surface area (Å²) >= 11 is 0. The fraction of sp³-hybridized carbons (Fsp3) is 1.00. The summed E-state index contributed by atoms with van der Waals surface area (Å²) in [6.45, 7) is 9.67. The first kappa shape index (κ1) is 15.1. The van der Waals surface area contributed by atoms with E-state index in [9.17, 15) is 0 Å². The minimum absolute atomic E-state index is 0.721. The highest BCUT2D eigenvalue weighted by Crippen LogP contribution is 2.01. The molecular weight excluding hydrogens is 206 g/mol. The molecule has 0 radical (unpaired) electrons. The molecule has 0 aromatic heterocycles. The third kappa shape index (κ3) is 9.01. The summed E-state index contributed by atoms with van der Waals surface area (Å²) in [7, 11) is -0.890. The topological polar surface area (TPSA) is 64.5 Å². The summed E-state index contributed by atoms with van der Waals surface area (Å²) in [5.41, 5.74) is 11.1. The van der Waals surface area contributed by atoms with E-state index >= 15 is 0 Å². The largest absolute Gasteiger partial charge is 0.421 e. The summed E-state index contributed by atoms with van der Waals surface area (Å²) in [4.78, 5) is 2.34. The molecule has 1 atom stereocenters. The van der Waals surface area contributed by atoms with Crippen LogP contribution in [0.15, 0.2) is 0 Å². The molecule has 0 saturated heterocycles. The Labute approximate surface area is 95.7 Å². The quantitative estimate of drug-likeness (QED) is 0.521. The van der Waals surface area contributed by atoms with Crippen molar-refractivity contribution in [2.45, 2.75) is 25.9 Å². The van der Waals surface area contributed by atoms with E-state index in [0.29, 0.717) is 0 Å². The van der Waals surface area contributed by atoms with E-state index in [1.807, 2.05) is 0 Å². The van der Waals surface area contributed by atoms with Crippen molar-refractivity contribution in [3.8, 4) is 0 Å². The SMILES string of the molecule is CCO[SiH](C)CCCN(CCN)CCN. The average Bonchev–Trinajstić information content (AvgIpc) is 2.19. The Bertz CT molecular complexity index is 132. The molecule has 0 spiro atoms. The maximum Gasteiger partial charge on any atom is 0.173 e. The van der Waals surface area contributed by atoms with Gasteiger partial charge in [-0.05, 0) is 32.5 Å². The van der Waals surface area contributed by atoms with Crippen LogP contribution in [0.4, 0.5) is 0 Å². The molecule has 5 heteroatoms. The first-order valence-corrected chi connectivity index (χ1v) is 8.42. The molecule has 0 heterocycles. The molecule has 0 rings (SSSR count). The molecule has 0 aromatic carbocycles. The smallest absolute Gasteiger partial charge is 0.173 e. The van der Waals surface area contributed by atoms with Crippen LogP contribution in [0.3, 0.4) is 0 Å². The van der Waals surface area contributed by atoms with Crippen LogP contribution in [-0.4, -0.2) is 53.3 Å². The standard InChI is InChI=1S/C10H27N3OSi/c1-3-14-15(2)10-4-7-13(8-5-11)9-6-12/h15H,3-12H2,1-2H3. The predicted molar refractivity (Wildman–Crippen MR) is 68.6 cm³/mol. The van der Waals surface area contributed by atoms with Gasteiger partial charge in [-0.15, -0.1) is 0 Å². The monoisotopic (exact) mass is 233 g/mol. The minimum atomic E-state index is -0.890. The highest BCUT2D eigenvalue weighted by molar-refractivity contribution is 6.50. The second kappa shape index (κ2) is 10.6. The van der Waals surface area contributed by atoms with Crippen molar-refractivity contribution in [1.29, 1.82) is 0 Å². The van der Waals surface area contributed by atoms with E-state index < -0.39 is 9.04 Å². The van der Waals surface area contributed by atoms with Crippen molar-refractivity contribution >= 4 is 9.04 Å². The highest BCUT2D eigenvalue weighted by atomic mass is 28.3.